The first-order valence-corrected chi connectivity index (χ1v) is 9.67. The van der Waals surface area contributed by atoms with Crippen LogP contribution in [0.25, 0.3) is 0 Å². The summed E-state index contributed by atoms with van der Waals surface area (Å²) in [7, 11) is 1.58. The van der Waals surface area contributed by atoms with E-state index >= 15 is 0 Å². The molecule has 0 heterocycles. The smallest absolute Gasteiger partial charge is 0.221 e. The lowest BCUT2D eigenvalue weighted by molar-refractivity contribution is -0.126. The van der Waals surface area contributed by atoms with Crippen molar-refractivity contribution in [3.05, 3.63) is 64.1 Å². The summed E-state index contributed by atoms with van der Waals surface area (Å²) in [5.74, 6) is -0.0294. The van der Waals surface area contributed by atoms with Crippen LogP contribution in [0.2, 0.25) is 0 Å². The molecule has 0 aliphatic carbocycles. The van der Waals surface area contributed by atoms with Crippen molar-refractivity contribution >= 4 is 33.5 Å². The number of benzene rings is 2. The highest BCUT2D eigenvalue weighted by Gasteiger charge is 2.17. The Morgan fingerprint density at radius 1 is 1.04 bits per heavy atom. The van der Waals surface area contributed by atoms with Crippen LogP contribution in [-0.2, 0) is 16.1 Å². The Hall–Kier alpha value is -2.67. The van der Waals surface area contributed by atoms with Crippen LogP contribution in [0.1, 0.15) is 35.7 Å². The molecule has 2 amide bonds. The van der Waals surface area contributed by atoms with Gasteiger partial charge in [0.2, 0.25) is 11.8 Å². The zero-order valence-corrected chi connectivity index (χ0v) is 17.4. The molecule has 7 heteroatoms. The molecule has 6 nitrogen and oxygen atoms in total. The van der Waals surface area contributed by atoms with Crippen molar-refractivity contribution in [1.29, 1.82) is 0 Å². The van der Waals surface area contributed by atoms with Gasteiger partial charge in [-0.1, -0.05) is 40.2 Å². The molecule has 0 unspecified atom stereocenters. The number of halogens is 1. The third-order valence-corrected chi connectivity index (χ3v) is 4.63. The molecule has 0 aliphatic heterocycles. The normalized spacial score (nSPS) is 11.4. The number of nitrogens with one attached hydrogen (secondary N) is 2. The molecule has 0 aromatic heterocycles. The van der Waals surface area contributed by atoms with Crippen LogP contribution in [0.5, 0.6) is 5.75 Å². The number of methoxy groups -OCH3 is 1. The Morgan fingerprint density at radius 2 is 1.71 bits per heavy atom. The summed E-state index contributed by atoms with van der Waals surface area (Å²) < 4.78 is 6.01. The van der Waals surface area contributed by atoms with Gasteiger partial charge in [-0.15, -0.1) is 0 Å². The summed E-state index contributed by atoms with van der Waals surface area (Å²) in [6.07, 6.45) is 0.0664. The Kier molecular flexibility index (Phi) is 8.19. The minimum absolute atomic E-state index is 0.0158. The first kappa shape index (κ1) is 21.6. The van der Waals surface area contributed by atoms with Gasteiger partial charge in [-0.25, -0.2) is 0 Å². The quantitative estimate of drug-likeness (QED) is 0.579. The molecule has 0 saturated carbocycles. The van der Waals surface area contributed by atoms with E-state index in [1.807, 2.05) is 24.3 Å². The average Bonchev–Trinajstić information content (AvgIpc) is 2.70. The number of carbonyl (C=O) groups is 3. The van der Waals surface area contributed by atoms with E-state index in [0.717, 1.165) is 15.8 Å². The second-order valence-corrected chi connectivity index (χ2v) is 7.20. The van der Waals surface area contributed by atoms with Gasteiger partial charge in [0.15, 0.2) is 5.78 Å². The lowest BCUT2D eigenvalue weighted by atomic mass is 10.1. The standard InChI is InChI=1S/C21H23BrN2O4/c1-14(21(27)16-6-8-17(22)9-7-16)24-20(26)11-10-19(25)23-13-15-4-3-5-18(12-15)28-2/h3-9,12,14H,10-11,13H2,1-2H3,(H,23,25)(H,24,26)/t14-/m0/s1. The molecule has 2 aromatic rings. The summed E-state index contributed by atoms with van der Waals surface area (Å²) in [5.41, 5.74) is 1.43. The molecule has 148 valence electrons. The fourth-order valence-electron chi connectivity index (χ4n) is 2.54. The molecular weight excluding hydrogens is 424 g/mol. The summed E-state index contributed by atoms with van der Waals surface area (Å²) in [4.78, 5) is 36.3. The number of rotatable bonds is 9. The number of amides is 2. The van der Waals surface area contributed by atoms with Crippen LogP contribution in [-0.4, -0.2) is 30.7 Å². The monoisotopic (exact) mass is 446 g/mol. The highest BCUT2D eigenvalue weighted by molar-refractivity contribution is 9.10. The summed E-state index contributed by atoms with van der Waals surface area (Å²) >= 11 is 3.32. The van der Waals surface area contributed by atoms with Gasteiger partial charge in [0.25, 0.3) is 0 Å². The summed E-state index contributed by atoms with van der Waals surface area (Å²) in [5, 5.41) is 5.41. The number of carbonyl (C=O) groups excluding carboxylic acids is 3. The van der Waals surface area contributed by atoms with Crippen LogP contribution in [0.15, 0.2) is 53.0 Å². The van der Waals surface area contributed by atoms with Gasteiger partial charge >= 0.3 is 0 Å². The fraction of sp³-hybridized carbons (Fsp3) is 0.286. The topological polar surface area (TPSA) is 84.5 Å². The first-order chi connectivity index (χ1) is 13.4. The molecule has 2 N–H and O–H groups in total. The van der Waals surface area contributed by atoms with Crippen LogP contribution in [0.4, 0.5) is 0 Å². The Morgan fingerprint density at radius 3 is 2.39 bits per heavy atom. The molecule has 0 saturated heterocycles. The van der Waals surface area contributed by atoms with Gasteiger partial charge in [-0.2, -0.15) is 0 Å². The van der Waals surface area contributed by atoms with Crippen molar-refractivity contribution in [3.63, 3.8) is 0 Å². The van der Waals surface area contributed by atoms with E-state index in [2.05, 4.69) is 26.6 Å². The van der Waals surface area contributed by atoms with Gasteiger partial charge in [0.1, 0.15) is 5.75 Å². The van der Waals surface area contributed by atoms with E-state index in [9.17, 15) is 14.4 Å². The maximum atomic E-state index is 12.3. The maximum Gasteiger partial charge on any atom is 0.221 e. The van der Waals surface area contributed by atoms with Gasteiger partial charge in [0, 0.05) is 29.4 Å². The molecule has 28 heavy (non-hydrogen) atoms. The van der Waals surface area contributed by atoms with Gasteiger partial charge in [-0.3, -0.25) is 14.4 Å². The van der Waals surface area contributed by atoms with Crippen LogP contribution >= 0.6 is 15.9 Å². The van der Waals surface area contributed by atoms with E-state index < -0.39 is 6.04 Å². The average molecular weight is 447 g/mol. The van der Waals surface area contributed by atoms with E-state index in [1.54, 1.807) is 38.3 Å². The minimum atomic E-state index is -0.659. The number of Topliss-reactive ketones (excluding diaryl/α,β-unsaturated/α-hetero) is 1. The Labute approximate surface area is 172 Å². The number of ether oxygens (including phenoxy) is 1. The van der Waals surface area contributed by atoms with Crippen molar-refractivity contribution in [2.24, 2.45) is 0 Å². The molecule has 2 aromatic carbocycles. The predicted molar refractivity (Wildman–Crippen MR) is 110 cm³/mol. The zero-order chi connectivity index (χ0) is 20.5. The van der Waals surface area contributed by atoms with Crippen molar-refractivity contribution in [3.8, 4) is 5.75 Å². The highest BCUT2D eigenvalue weighted by atomic mass is 79.9. The van der Waals surface area contributed by atoms with E-state index in [1.165, 1.54) is 0 Å². The third kappa shape index (κ3) is 6.81. The Balaban J connectivity index is 1.74. The lowest BCUT2D eigenvalue weighted by Gasteiger charge is -2.13. The third-order valence-electron chi connectivity index (χ3n) is 4.10. The number of hydrogen-bond donors (Lipinski definition) is 2. The Bertz CT molecular complexity index is 837. The maximum absolute atomic E-state index is 12.3. The molecular formula is C21H23BrN2O4. The van der Waals surface area contributed by atoms with Crippen molar-refractivity contribution < 1.29 is 19.1 Å². The predicted octanol–water partition coefficient (Wildman–Crippen LogP) is 3.24. The molecule has 0 bridgehead atoms. The molecule has 0 fully saturated rings. The van der Waals surface area contributed by atoms with Gasteiger partial charge < -0.3 is 15.4 Å². The van der Waals surface area contributed by atoms with E-state index in [-0.39, 0.29) is 30.4 Å². The first-order valence-electron chi connectivity index (χ1n) is 8.88. The second-order valence-electron chi connectivity index (χ2n) is 6.29. The number of ketones is 1. The zero-order valence-electron chi connectivity index (χ0n) is 15.8. The summed E-state index contributed by atoms with van der Waals surface area (Å²) in [6, 6.07) is 13.7. The van der Waals surface area contributed by atoms with Crippen LogP contribution in [0, 0.1) is 0 Å². The largest absolute Gasteiger partial charge is 0.497 e. The summed E-state index contributed by atoms with van der Waals surface area (Å²) in [6.45, 7) is 1.99. The molecule has 1 atom stereocenters. The van der Waals surface area contributed by atoms with Gasteiger partial charge in [0.05, 0.1) is 13.2 Å². The van der Waals surface area contributed by atoms with Crippen molar-refractivity contribution in [1.82, 2.24) is 10.6 Å². The molecule has 0 radical (unpaired) electrons. The minimum Gasteiger partial charge on any atom is -0.497 e. The highest BCUT2D eigenvalue weighted by Crippen LogP contribution is 2.13. The van der Waals surface area contributed by atoms with E-state index in [0.29, 0.717) is 12.1 Å². The fourth-order valence-corrected chi connectivity index (χ4v) is 2.81. The van der Waals surface area contributed by atoms with Crippen molar-refractivity contribution in [2.45, 2.75) is 32.4 Å². The second kappa shape index (κ2) is 10.6. The SMILES string of the molecule is COc1cccc(CNC(=O)CCC(=O)N[C@@H](C)C(=O)c2ccc(Br)cc2)c1. The molecule has 0 spiro atoms. The number of hydrogen-bond acceptors (Lipinski definition) is 4. The van der Waals surface area contributed by atoms with Crippen molar-refractivity contribution in [2.75, 3.05) is 7.11 Å². The van der Waals surface area contributed by atoms with Crippen LogP contribution in [0.3, 0.4) is 0 Å². The van der Waals surface area contributed by atoms with Gasteiger partial charge in [-0.05, 0) is 36.8 Å². The molecule has 2 rings (SSSR count). The lowest BCUT2D eigenvalue weighted by Crippen LogP contribution is -2.39. The van der Waals surface area contributed by atoms with Crippen LogP contribution < -0.4 is 15.4 Å². The molecule has 0 aliphatic rings. The van der Waals surface area contributed by atoms with E-state index in [4.69, 9.17) is 4.74 Å².